The molecule has 1 aromatic rings. The first kappa shape index (κ1) is 11.4. The molecule has 0 atom stereocenters. The summed E-state index contributed by atoms with van der Waals surface area (Å²) in [6.45, 7) is 2.01. The maximum Gasteiger partial charge on any atom is 0.161 e. The van der Waals surface area contributed by atoms with Crippen molar-refractivity contribution < 1.29 is 9.47 Å². The zero-order chi connectivity index (χ0) is 11.3. The highest BCUT2D eigenvalue weighted by Gasteiger charge is 2.07. The van der Waals surface area contributed by atoms with E-state index in [1.165, 1.54) is 0 Å². The standard InChI is InChI=1S/C12H15NO2/c1-9-7-11(14-2)12(15-3)8-10(9)5-4-6-13/h7-8H,4-5H2,1-3H3. The topological polar surface area (TPSA) is 42.2 Å². The number of nitriles is 1. The van der Waals surface area contributed by atoms with Gasteiger partial charge >= 0.3 is 0 Å². The van der Waals surface area contributed by atoms with Gasteiger partial charge in [-0.25, -0.2) is 0 Å². The summed E-state index contributed by atoms with van der Waals surface area (Å²) in [6, 6.07) is 6.01. The smallest absolute Gasteiger partial charge is 0.161 e. The number of nitrogens with zero attached hydrogens (tertiary/aromatic N) is 1. The predicted octanol–water partition coefficient (Wildman–Crippen LogP) is 2.47. The number of hydrogen-bond donors (Lipinski definition) is 0. The molecule has 3 nitrogen and oxygen atoms in total. The largest absolute Gasteiger partial charge is 0.493 e. The monoisotopic (exact) mass is 205 g/mol. The summed E-state index contributed by atoms with van der Waals surface area (Å²) >= 11 is 0. The lowest BCUT2D eigenvalue weighted by Crippen LogP contribution is -1.95. The summed E-state index contributed by atoms with van der Waals surface area (Å²) in [5, 5.41) is 8.54. The lowest BCUT2D eigenvalue weighted by atomic mass is 10.0. The van der Waals surface area contributed by atoms with Gasteiger partial charge in [0, 0.05) is 6.42 Å². The van der Waals surface area contributed by atoms with Crippen LogP contribution in [0.15, 0.2) is 12.1 Å². The third-order valence-electron chi connectivity index (χ3n) is 2.35. The van der Waals surface area contributed by atoms with Crippen LogP contribution in [0.1, 0.15) is 17.5 Å². The molecular weight excluding hydrogens is 190 g/mol. The van der Waals surface area contributed by atoms with E-state index in [-0.39, 0.29) is 0 Å². The first-order valence-electron chi connectivity index (χ1n) is 4.81. The highest BCUT2D eigenvalue weighted by Crippen LogP contribution is 2.30. The molecule has 0 radical (unpaired) electrons. The minimum atomic E-state index is 0.524. The SMILES string of the molecule is COc1cc(C)c(CCC#N)cc1OC. The van der Waals surface area contributed by atoms with E-state index >= 15 is 0 Å². The lowest BCUT2D eigenvalue weighted by Gasteiger charge is -2.11. The van der Waals surface area contributed by atoms with Crippen molar-refractivity contribution in [2.24, 2.45) is 0 Å². The number of hydrogen-bond acceptors (Lipinski definition) is 3. The molecule has 0 aromatic heterocycles. The van der Waals surface area contributed by atoms with Gasteiger partial charge in [-0.3, -0.25) is 0 Å². The first-order valence-corrected chi connectivity index (χ1v) is 4.81. The van der Waals surface area contributed by atoms with Gasteiger partial charge < -0.3 is 9.47 Å². The molecule has 0 amide bonds. The molecule has 1 aromatic carbocycles. The highest BCUT2D eigenvalue weighted by atomic mass is 16.5. The maximum absolute atomic E-state index is 8.54. The van der Waals surface area contributed by atoms with E-state index in [0.717, 1.165) is 29.0 Å². The zero-order valence-electron chi connectivity index (χ0n) is 9.33. The second-order valence-electron chi connectivity index (χ2n) is 3.29. The maximum atomic E-state index is 8.54. The van der Waals surface area contributed by atoms with Crippen molar-refractivity contribution in [2.75, 3.05) is 14.2 Å². The molecule has 0 N–H and O–H groups in total. The van der Waals surface area contributed by atoms with Crippen LogP contribution >= 0.6 is 0 Å². The first-order chi connectivity index (χ1) is 7.22. The average molecular weight is 205 g/mol. The number of methoxy groups -OCH3 is 2. The molecule has 0 aliphatic heterocycles. The molecule has 3 heteroatoms. The van der Waals surface area contributed by atoms with Crippen molar-refractivity contribution in [1.29, 1.82) is 5.26 Å². The molecule has 0 unspecified atom stereocenters. The van der Waals surface area contributed by atoms with Crippen LogP contribution in [0.25, 0.3) is 0 Å². The Morgan fingerprint density at radius 3 is 2.33 bits per heavy atom. The van der Waals surface area contributed by atoms with E-state index < -0.39 is 0 Å². The Hall–Kier alpha value is -1.69. The summed E-state index contributed by atoms with van der Waals surface area (Å²) in [5.74, 6) is 1.45. The van der Waals surface area contributed by atoms with Crippen molar-refractivity contribution in [3.05, 3.63) is 23.3 Å². The second kappa shape index (κ2) is 5.26. The molecule has 0 heterocycles. The summed E-state index contributed by atoms with van der Waals surface area (Å²) in [5.41, 5.74) is 2.26. The van der Waals surface area contributed by atoms with E-state index in [4.69, 9.17) is 14.7 Å². The molecule has 15 heavy (non-hydrogen) atoms. The third-order valence-corrected chi connectivity index (χ3v) is 2.35. The van der Waals surface area contributed by atoms with Crippen LogP contribution in [0.5, 0.6) is 11.5 Å². The molecule has 0 saturated carbocycles. The van der Waals surface area contributed by atoms with Crippen LogP contribution in [0.2, 0.25) is 0 Å². The van der Waals surface area contributed by atoms with Crippen molar-refractivity contribution in [3.63, 3.8) is 0 Å². The van der Waals surface area contributed by atoms with Crippen LogP contribution < -0.4 is 9.47 Å². The molecule has 0 bridgehead atoms. The van der Waals surface area contributed by atoms with Gasteiger partial charge in [0.25, 0.3) is 0 Å². The molecule has 0 aliphatic rings. The van der Waals surface area contributed by atoms with Gasteiger partial charge in [0.15, 0.2) is 11.5 Å². The molecule has 0 saturated heterocycles. The Balaban J connectivity index is 3.03. The summed E-state index contributed by atoms with van der Waals surface area (Å²) in [6.07, 6.45) is 1.28. The summed E-state index contributed by atoms with van der Waals surface area (Å²) in [7, 11) is 3.23. The fourth-order valence-corrected chi connectivity index (χ4v) is 1.48. The molecule has 0 aliphatic carbocycles. The van der Waals surface area contributed by atoms with E-state index in [2.05, 4.69) is 6.07 Å². The normalized spacial score (nSPS) is 9.47. The van der Waals surface area contributed by atoms with Crippen LogP contribution in [0.4, 0.5) is 0 Å². The number of aryl methyl sites for hydroxylation is 2. The van der Waals surface area contributed by atoms with E-state index in [9.17, 15) is 0 Å². The van der Waals surface area contributed by atoms with Gasteiger partial charge in [0.1, 0.15) is 0 Å². The molecular formula is C12H15NO2. The molecule has 0 fully saturated rings. The van der Waals surface area contributed by atoms with Crippen LogP contribution in [-0.4, -0.2) is 14.2 Å². The van der Waals surface area contributed by atoms with Gasteiger partial charge in [0.05, 0.1) is 20.3 Å². The lowest BCUT2D eigenvalue weighted by molar-refractivity contribution is 0.354. The number of ether oxygens (including phenoxy) is 2. The Labute approximate surface area is 90.2 Å². The summed E-state index contributed by atoms with van der Waals surface area (Å²) < 4.78 is 10.4. The van der Waals surface area contributed by atoms with Crippen molar-refractivity contribution >= 4 is 0 Å². The highest BCUT2D eigenvalue weighted by molar-refractivity contribution is 5.47. The fourth-order valence-electron chi connectivity index (χ4n) is 1.48. The molecule has 0 spiro atoms. The fraction of sp³-hybridized carbons (Fsp3) is 0.417. The van der Waals surface area contributed by atoms with Gasteiger partial charge in [-0.05, 0) is 36.6 Å². The van der Waals surface area contributed by atoms with Gasteiger partial charge in [0.2, 0.25) is 0 Å². The Morgan fingerprint density at radius 1 is 1.20 bits per heavy atom. The van der Waals surface area contributed by atoms with E-state index in [1.807, 2.05) is 19.1 Å². The Morgan fingerprint density at radius 2 is 1.80 bits per heavy atom. The minimum absolute atomic E-state index is 0.524. The Kier molecular flexibility index (Phi) is 3.99. The van der Waals surface area contributed by atoms with Crippen LogP contribution in [0.3, 0.4) is 0 Å². The number of benzene rings is 1. The molecule has 80 valence electrons. The van der Waals surface area contributed by atoms with Gasteiger partial charge in [-0.15, -0.1) is 0 Å². The van der Waals surface area contributed by atoms with Crippen molar-refractivity contribution in [1.82, 2.24) is 0 Å². The minimum Gasteiger partial charge on any atom is -0.493 e. The van der Waals surface area contributed by atoms with Gasteiger partial charge in [-0.1, -0.05) is 0 Å². The van der Waals surface area contributed by atoms with Gasteiger partial charge in [-0.2, -0.15) is 5.26 Å². The zero-order valence-corrected chi connectivity index (χ0v) is 9.33. The predicted molar refractivity (Wildman–Crippen MR) is 58.2 cm³/mol. The second-order valence-corrected chi connectivity index (χ2v) is 3.29. The quantitative estimate of drug-likeness (QED) is 0.758. The number of rotatable bonds is 4. The van der Waals surface area contributed by atoms with Crippen LogP contribution in [-0.2, 0) is 6.42 Å². The Bertz CT molecular complexity index is 380. The molecule has 1 rings (SSSR count). The third kappa shape index (κ3) is 2.63. The van der Waals surface area contributed by atoms with Crippen LogP contribution in [0, 0.1) is 18.3 Å². The summed E-state index contributed by atoms with van der Waals surface area (Å²) in [4.78, 5) is 0. The van der Waals surface area contributed by atoms with Crippen molar-refractivity contribution in [2.45, 2.75) is 19.8 Å². The average Bonchev–Trinajstić information content (AvgIpc) is 2.27. The van der Waals surface area contributed by atoms with Crippen molar-refractivity contribution in [3.8, 4) is 17.6 Å². The van der Waals surface area contributed by atoms with E-state index in [1.54, 1.807) is 14.2 Å². The van der Waals surface area contributed by atoms with E-state index in [0.29, 0.717) is 6.42 Å².